The minimum absolute atomic E-state index is 0.0626. The van der Waals surface area contributed by atoms with Crippen molar-refractivity contribution in [3.8, 4) is 0 Å². The molecule has 2 nitrogen and oxygen atoms in total. The number of benzene rings is 2. The maximum absolute atomic E-state index is 6.21. The average Bonchev–Trinajstić information content (AvgIpc) is 2.42. The third-order valence-corrected chi connectivity index (χ3v) is 4.32. The lowest BCUT2D eigenvalue weighted by molar-refractivity contribution is 0.549. The van der Waals surface area contributed by atoms with Gasteiger partial charge in [0, 0.05) is 15.1 Å². The molecule has 20 heavy (non-hydrogen) atoms. The first-order valence-corrected chi connectivity index (χ1v) is 7.31. The van der Waals surface area contributed by atoms with Gasteiger partial charge in [-0.1, -0.05) is 53.0 Å². The zero-order valence-corrected chi connectivity index (χ0v) is 13.2. The molecular weight excluding hydrogens is 315 g/mol. The number of halogens is 3. The summed E-state index contributed by atoms with van der Waals surface area (Å²) in [5.41, 5.74) is 5.89. The zero-order valence-electron chi connectivity index (χ0n) is 11.0. The van der Waals surface area contributed by atoms with E-state index in [1.54, 1.807) is 6.07 Å². The van der Waals surface area contributed by atoms with E-state index in [9.17, 15) is 0 Å². The van der Waals surface area contributed by atoms with Gasteiger partial charge < -0.3 is 0 Å². The van der Waals surface area contributed by atoms with Crippen LogP contribution in [-0.4, -0.2) is 0 Å². The molecule has 0 aliphatic carbocycles. The van der Waals surface area contributed by atoms with Gasteiger partial charge in [-0.15, -0.1) is 0 Å². The summed E-state index contributed by atoms with van der Waals surface area (Å²) in [5, 5.41) is 1.98. The first kappa shape index (κ1) is 15.6. The van der Waals surface area contributed by atoms with Crippen molar-refractivity contribution in [2.24, 2.45) is 5.84 Å². The van der Waals surface area contributed by atoms with Crippen molar-refractivity contribution in [3.63, 3.8) is 0 Å². The lowest BCUT2D eigenvalue weighted by atomic mass is 9.96. The van der Waals surface area contributed by atoms with Gasteiger partial charge in [0.1, 0.15) is 0 Å². The molecule has 0 aliphatic heterocycles. The molecule has 1 atom stereocenters. The van der Waals surface area contributed by atoms with Gasteiger partial charge in [-0.25, -0.2) is 0 Å². The van der Waals surface area contributed by atoms with Crippen molar-refractivity contribution in [1.82, 2.24) is 5.43 Å². The average molecular weight is 330 g/mol. The van der Waals surface area contributed by atoms with Crippen LogP contribution in [0.15, 0.2) is 36.4 Å². The Balaban J connectivity index is 2.31. The van der Waals surface area contributed by atoms with Crippen molar-refractivity contribution < 1.29 is 0 Å². The molecule has 2 aromatic carbocycles. The lowest BCUT2D eigenvalue weighted by Gasteiger charge is -2.20. The summed E-state index contributed by atoms with van der Waals surface area (Å²) in [6.45, 7) is 1.98. The maximum atomic E-state index is 6.21. The molecule has 0 aliphatic rings. The monoisotopic (exact) mass is 328 g/mol. The van der Waals surface area contributed by atoms with Crippen molar-refractivity contribution in [2.75, 3.05) is 0 Å². The second-order valence-corrected chi connectivity index (χ2v) is 5.86. The minimum atomic E-state index is -0.0626. The molecule has 1 unspecified atom stereocenters. The summed E-state index contributed by atoms with van der Waals surface area (Å²) in [6, 6.07) is 11.2. The van der Waals surface area contributed by atoms with Crippen LogP contribution in [-0.2, 0) is 6.42 Å². The van der Waals surface area contributed by atoms with Crippen LogP contribution in [0.2, 0.25) is 15.1 Å². The molecule has 2 aromatic rings. The van der Waals surface area contributed by atoms with Crippen LogP contribution in [0.4, 0.5) is 0 Å². The molecule has 5 heteroatoms. The number of nitrogens with two attached hydrogens (primary N) is 1. The van der Waals surface area contributed by atoms with E-state index < -0.39 is 0 Å². The van der Waals surface area contributed by atoms with E-state index in [1.165, 1.54) is 0 Å². The summed E-state index contributed by atoms with van der Waals surface area (Å²) in [5.74, 6) is 5.69. The lowest BCUT2D eigenvalue weighted by Crippen LogP contribution is -2.30. The van der Waals surface area contributed by atoms with Gasteiger partial charge in [0.2, 0.25) is 0 Å². The molecule has 0 fully saturated rings. The molecule has 0 heterocycles. The summed E-state index contributed by atoms with van der Waals surface area (Å²) >= 11 is 18.3. The first-order valence-electron chi connectivity index (χ1n) is 6.18. The molecule has 0 radical (unpaired) electrons. The van der Waals surface area contributed by atoms with E-state index in [4.69, 9.17) is 40.6 Å². The van der Waals surface area contributed by atoms with Crippen LogP contribution in [0.1, 0.15) is 22.7 Å². The Morgan fingerprint density at radius 1 is 1.10 bits per heavy atom. The molecule has 0 bridgehead atoms. The predicted octanol–water partition coefficient (Wildman–Crippen LogP) is 4.70. The second-order valence-electron chi connectivity index (χ2n) is 4.61. The van der Waals surface area contributed by atoms with Gasteiger partial charge in [0.05, 0.1) is 6.04 Å². The summed E-state index contributed by atoms with van der Waals surface area (Å²) in [6.07, 6.45) is 0.660. The number of hydrazine groups is 1. The number of hydrogen-bond acceptors (Lipinski definition) is 2. The highest BCUT2D eigenvalue weighted by atomic mass is 35.5. The Morgan fingerprint density at radius 3 is 2.50 bits per heavy atom. The fraction of sp³-hybridized carbons (Fsp3) is 0.200. The van der Waals surface area contributed by atoms with Crippen LogP contribution in [0, 0.1) is 6.92 Å². The molecule has 106 valence electrons. The van der Waals surface area contributed by atoms with E-state index in [1.807, 2.05) is 37.3 Å². The van der Waals surface area contributed by atoms with E-state index in [2.05, 4.69) is 5.43 Å². The standard InChI is InChI=1S/C15H15Cl3N2/c1-9-12(3-2-4-13(9)17)15(20-19)7-10-5-6-11(16)8-14(10)18/h2-6,8,15,20H,7,19H2,1H3. The topological polar surface area (TPSA) is 38.0 Å². The van der Waals surface area contributed by atoms with Crippen molar-refractivity contribution >= 4 is 34.8 Å². The highest BCUT2D eigenvalue weighted by Gasteiger charge is 2.16. The minimum Gasteiger partial charge on any atom is -0.271 e. The summed E-state index contributed by atoms with van der Waals surface area (Å²) in [7, 11) is 0. The molecule has 0 amide bonds. The van der Waals surface area contributed by atoms with Crippen molar-refractivity contribution in [1.29, 1.82) is 0 Å². The van der Waals surface area contributed by atoms with Crippen LogP contribution in [0.3, 0.4) is 0 Å². The highest BCUT2D eigenvalue weighted by molar-refractivity contribution is 6.35. The Labute approximate surface area is 133 Å². The summed E-state index contributed by atoms with van der Waals surface area (Å²) < 4.78 is 0. The van der Waals surface area contributed by atoms with Crippen LogP contribution < -0.4 is 11.3 Å². The molecular formula is C15H15Cl3N2. The quantitative estimate of drug-likeness (QED) is 0.630. The van der Waals surface area contributed by atoms with E-state index in [0.29, 0.717) is 16.5 Å². The molecule has 0 saturated heterocycles. The first-order chi connectivity index (χ1) is 9.52. The van der Waals surface area contributed by atoms with Gasteiger partial charge in [0.15, 0.2) is 0 Å². The number of hydrogen-bond donors (Lipinski definition) is 2. The van der Waals surface area contributed by atoms with Crippen LogP contribution >= 0.6 is 34.8 Å². The highest BCUT2D eigenvalue weighted by Crippen LogP contribution is 2.29. The smallest absolute Gasteiger partial charge is 0.0503 e. The van der Waals surface area contributed by atoms with Gasteiger partial charge in [-0.05, 0) is 48.2 Å². The Bertz CT molecular complexity index is 614. The molecule has 2 rings (SSSR count). The van der Waals surface area contributed by atoms with E-state index >= 15 is 0 Å². The maximum Gasteiger partial charge on any atom is 0.0503 e. The Hall–Kier alpha value is -0.770. The predicted molar refractivity (Wildman–Crippen MR) is 86.4 cm³/mol. The van der Waals surface area contributed by atoms with Gasteiger partial charge in [0.25, 0.3) is 0 Å². The summed E-state index contributed by atoms with van der Waals surface area (Å²) in [4.78, 5) is 0. The molecule has 0 saturated carbocycles. The largest absolute Gasteiger partial charge is 0.271 e. The number of rotatable bonds is 4. The third-order valence-electron chi connectivity index (χ3n) is 3.33. The van der Waals surface area contributed by atoms with Crippen LogP contribution in [0.25, 0.3) is 0 Å². The molecule has 0 aromatic heterocycles. The fourth-order valence-corrected chi connectivity index (χ4v) is 2.83. The van der Waals surface area contributed by atoms with Crippen LogP contribution in [0.5, 0.6) is 0 Å². The van der Waals surface area contributed by atoms with E-state index in [0.717, 1.165) is 21.7 Å². The Kier molecular flexibility index (Phi) is 5.30. The molecule has 0 spiro atoms. The Morgan fingerprint density at radius 2 is 1.85 bits per heavy atom. The zero-order chi connectivity index (χ0) is 14.7. The number of nitrogens with one attached hydrogen (secondary N) is 1. The van der Waals surface area contributed by atoms with Gasteiger partial charge >= 0.3 is 0 Å². The fourth-order valence-electron chi connectivity index (χ4n) is 2.17. The van der Waals surface area contributed by atoms with Gasteiger partial charge in [-0.3, -0.25) is 11.3 Å². The molecule has 3 N–H and O–H groups in total. The second kappa shape index (κ2) is 6.79. The van der Waals surface area contributed by atoms with Crippen molar-refractivity contribution in [3.05, 3.63) is 68.2 Å². The third kappa shape index (κ3) is 3.46. The van der Waals surface area contributed by atoms with Gasteiger partial charge in [-0.2, -0.15) is 0 Å². The van der Waals surface area contributed by atoms with Crippen molar-refractivity contribution in [2.45, 2.75) is 19.4 Å². The SMILES string of the molecule is Cc1c(Cl)cccc1C(Cc1ccc(Cl)cc1Cl)NN. The van der Waals surface area contributed by atoms with E-state index in [-0.39, 0.29) is 6.04 Å². The normalized spacial score (nSPS) is 12.4.